The van der Waals surface area contributed by atoms with E-state index in [-0.39, 0.29) is 5.95 Å². The zero-order chi connectivity index (χ0) is 11.1. The van der Waals surface area contributed by atoms with Crippen molar-refractivity contribution in [2.24, 2.45) is 0 Å². The van der Waals surface area contributed by atoms with Gasteiger partial charge in [-0.2, -0.15) is 0 Å². The van der Waals surface area contributed by atoms with E-state index in [1.807, 2.05) is 20.8 Å². The Bertz CT molecular complexity index is 287. The Hall–Kier alpha value is -1.09. The maximum Gasteiger partial charge on any atom is 0.221 e. The van der Waals surface area contributed by atoms with E-state index in [2.05, 4.69) is 16.5 Å². The highest BCUT2D eigenvalue weighted by Gasteiger charge is 2.05. The number of anilines is 1. The second-order valence-corrected chi connectivity index (χ2v) is 2.79. The van der Waals surface area contributed by atoms with Crippen molar-refractivity contribution in [1.29, 1.82) is 0 Å². The van der Waals surface area contributed by atoms with Crippen LogP contribution in [0.1, 0.15) is 25.1 Å². The van der Waals surface area contributed by atoms with Gasteiger partial charge in [0, 0.05) is 11.3 Å². The second kappa shape index (κ2) is 6.38. The number of nitrogens with zero attached hydrogens (tertiary/aromatic N) is 2. The van der Waals surface area contributed by atoms with Crippen LogP contribution in [0.2, 0.25) is 5.15 Å². The summed E-state index contributed by atoms with van der Waals surface area (Å²) in [7, 11) is 0. The SMILES string of the molecule is C=CCc1c(C)nc(N)nc1Cl.CC. The van der Waals surface area contributed by atoms with Crippen LogP contribution in [0.25, 0.3) is 0 Å². The molecule has 14 heavy (non-hydrogen) atoms. The first kappa shape index (κ1) is 12.9. The van der Waals surface area contributed by atoms with Crippen LogP contribution in [-0.2, 0) is 6.42 Å². The van der Waals surface area contributed by atoms with E-state index in [4.69, 9.17) is 17.3 Å². The van der Waals surface area contributed by atoms with E-state index in [1.165, 1.54) is 0 Å². The first-order chi connectivity index (χ1) is 6.65. The Balaban J connectivity index is 0.000000791. The predicted octanol–water partition coefficient (Wildman–Crippen LogP) is 2.78. The lowest BCUT2D eigenvalue weighted by Gasteiger charge is -2.04. The van der Waals surface area contributed by atoms with Crippen LogP contribution in [0.5, 0.6) is 0 Å². The van der Waals surface area contributed by atoms with Crippen molar-refractivity contribution >= 4 is 17.5 Å². The Morgan fingerprint density at radius 2 is 2.00 bits per heavy atom. The smallest absolute Gasteiger partial charge is 0.221 e. The van der Waals surface area contributed by atoms with Crippen LogP contribution < -0.4 is 5.73 Å². The molecular weight excluding hydrogens is 198 g/mol. The summed E-state index contributed by atoms with van der Waals surface area (Å²) >= 11 is 5.83. The molecule has 78 valence electrons. The standard InChI is InChI=1S/C8H10ClN3.C2H6/c1-3-4-6-5(2)11-8(10)12-7(6)9;1-2/h3H,1,4H2,2H3,(H2,10,11,12);1-2H3. The fourth-order valence-electron chi connectivity index (χ4n) is 0.958. The minimum absolute atomic E-state index is 0.213. The summed E-state index contributed by atoms with van der Waals surface area (Å²) in [4.78, 5) is 7.82. The average Bonchev–Trinajstić information content (AvgIpc) is 2.14. The van der Waals surface area contributed by atoms with Crippen molar-refractivity contribution < 1.29 is 0 Å². The maximum absolute atomic E-state index is 5.83. The van der Waals surface area contributed by atoms with Crippen LogP contribution in [0, 0.1) is 6.92 Å². The molecule has 0 atom stereocenters. The van der Waals surface area contributed by atoms with Crippen LogP contribution in [0.4, 0.5) is 5.95 Å². The molecule has 1 rings (SSSR count). The molecule has 0 aliphatic rings. The minimum atomic E-state index is 0.213. The van der Waals surface area contributed by atoms with Crippen molar-refractivity contribution in [3.8, 4) is 0 Å². The summed E-state index contributed by atoms with van der Waals surface area (Å²) in [5, 5.41) is 0.417. The van der Waals surface area contributed by atoms with Crippen LogP contribution in [0.3, 0.4) is 0 Å². The number of aryl methyl sites for hydroxylation is 1. The lowest BCUT2D eigenvalue weighted by atomic mass is 10.2. The fraction of sp³-hybridized carbons (Fsp3) is 0.400. The van der Waals surface area contributed by atoms with Gasteiger partial charge >= 0.3 is 0 Å². The van der Waals surface area contributed by atoms with Gasteiger partial charge in [0.15, 0.2) is 0 Å². The number of rotatable bonds is 2. The molecule has 3 nitrogen and oxygen atoms in total. The van der Waals surface area contributed by atoms with Gasteiger partial charge in [-0.15, -0.1) is 6.58 Å². The molecule has 0 fully saturated rings. The summed E-state index contributed by atoms with van der Waals surface area (Å²) in [6, 6.07) is 0. The summed E-state index contributed by atoms with van der Waals surface area (Å²) in [6.07, 6.45) is 2.43. The molecule has 0 saturated carbocycles. The van der Waals surface area contributed by atoms with E-state index < -0.39 is 0 Å². The van der Waals surface area contributed by atoms with E-state index >= 15 is 0 Å². The molecule has 0 unspecified atom stereocenters. The number of nitrogen functional groups attached to an aromatic ring is 1. The van der Waals surface area contributed by atoms with Crippen LogP contribution >= 0.6 is 11.6 Å². The Morgan fingerprint density at radius 1 is 1.43 bits per heavy atom. The van der Waals surface area contributed by atoms with Crippen molar-refractivity contribution in [1.82, 2.24) is 9.97 Å². The van der Waals surface area contributed by atoms with Crippen LogP contribution in [0.15, 0.2) is 12.7 Å². The molecule has 4 heteroatoms. The summed E-state index contributed by atoms with van der Waals surface area (Å²) < 4.78 is 0. The van der Waals surface area contributed by atoms with Gasteiger partial charge in [-0.05, 0) is 13.3 Å². The second-order valence-electron chi connectivity index (χ2n) is 2.43. The van der Waals surface area contributed by atoms with E-state index in [0.29, 0.717) is 11.6 Å². The highest BCUT2D eigenvalue weighted by molar-refractivity contribution is 6.30. The minimum Gasteiger partial charge on any atom is -0.368 e. The Morgan fingerprint density at radius 3 is 2.43 bits per heavy atom. The van der Waals surface area contributed by atoms with Gasteiger partial charge < -0.3 is 5.73 Å². The predicted molar refractivity (Wildman–Crippen MR) is 61.4 cm³/mol. The maximum atomic E-state index is 5.83. The third kappa shape index (κ3) is 3.34. The van der Waals surface area contributed by atoms with Gasteiger partial charge in [-0.3, -0.25) is 0 Å². The number of hydrogen-bond donors (Lipinski definition) is 1. The molecule has 0 bridgehead atoms. The van der Waals surface area contributed by atoms with E-state index in [9.17, 15) is 0 Å². The molecule has 1 aromatic rings. The third-order valence-corrected chi connectivity index (χ3v) is 1.84. The summed E-state index contributed by atoms with van der Waals surface area (Å²) in [6.45, 7) is 9.47. The molecule has 0 aromatic carbocycles. The lowest BCUT2D eigenvalue weighted by Crippen LogP contribution is -2.01. The van der Waals surface area contributed by atoms with Gasteiger partial charge in [0.1, 0.15) is 5.15 Å². The van der Waals surface area contributed by atoms with Crippen molar-refractivity contribution in [2.75, 3.05) is 5.73 Å². The van der Waals surface area contributed by atoms with E-state index in [0.717, 1.165) is 11.3 Å². The van der Waals surface area contributed by atoms with Gasteiger partial charge in [0.05, 0.1) is 0 Å². The average molecular weight is 214 g/mol. The fourth-order valence-corrected chi connectivity index (χ4v) is 1.26. The first-order valence-electron chi connectivity index (χ1n) is 4.54. The molecule has 0 aliphatic carbocycles. The lowest BCUT2D eigenvalue weighted by molar-refractivity contribution is 1.04. The van der Waals surface area contributed by atoms with Gasteiger partial charge in [-0.25, -0.2) is 9.97 Å². The number of halogens is 1. The van der Waals surface area contributed by atoms with Crippen molar-refractivity contribution in [3.05, 3.63) is 29.1 Å². The molecule has 1 aromatic heterocycles. The normalized spacial score (nSPS) is 8.86. The molecule has 0 saturated heterocycles. The molecule has 0 spiro atoms. The highest BCUT2D eigenvalue weighted by atomic mass is 35.5. The van der Waals surface area contributed by atoms with Crippen molar-refractivity contribution in [2.45, 2.75) is 27.2 Å². The number of aromatic nitrogens is 2. The topological polar surface area (TPSA) is 51.8 Å². The number of allylic oxidation sites excluding steroid dienone is 1. The molecule has 1 heterocycles. The van der Waals surface area contributed by atoms with Crippen LogP contribution in [-0.4, -0.2) is 9.97 Å². The van der Waals surface area contributed by atoms with Gasteiger partial charge in [0.2, 0.25) is 5.95 Å². The largest absolute Gasteiger partial charge is 0.368 e. The van der Waals surface area contributed by atoms with E-state index in [1.54, 1.807) is 6.08 Å². The Kier molecular flexibility index (Phi) is 5.88. The molecule has 2 N–H and O–H groups in total. The van der Waals surface area contributed by atoms with Gasteiger partial charge in [0.25, 0.3) is 0 Å². The zero-order valence-electron chi connectivity index (χ0n) is 8.84. The monoisotopic (exact) mass is 213 g/mol. The molecule has 0 radical (unpaired) electrons. The summed E-state index contributed by atoms with van der Waals surface area (Å²) in [5.41, 5.74) is 7.09. The molecule has 0 aliphatic heterocycles. The highest BCUT2D eigenvalue weighted by Crippen LogP contribution is 2.17. The molecule has 0 amide bonds. The zero-order valence-corrected chi connectivity index (χ0v) is 9.60. The first-order valence-corrected chi connectivity index (χ1v) is 4.92. The molecular formula is C10H16ClN3. The quantitative estimate of drug-likeness (QED) is 0.607. The van der Waals surface area contributed by atoms with Crippen molar-refractivity contribution in [3.63, 3.8) is 0 Å². The Labute approximate surface area is 90.0 Å². The number of hydrogen-bond acceptors (Lipinski definition) is 3. The van der Waals surface area contributed by atoms with Gasteiger partial charge in [-0.1, -0.05) is 31.5 Å². The summed E-state index contributed by atoms with van der Waals surface area (Å²) in [5.74, 6) is 0.213. The number of nitrogens with two attached hydrogens (primary N) is 1. The third-order valence-electron chi connectivity index (χ3n) is 1.53.